The zero-order chi connectivity index (χ0) is 16.3. The van der Waals surface area contributed by atoms with Gasteiger partial charge < -0.3 is 10.1 Å². The van der Waals surface area contributed by atoms with Gasteiger partial charge >= 0.3 is 0 Å². The number of fused-ring (bicyclic) bond motifs is 1. The van der Waals surface area contributed by atoms with Crippen molar-refractivity contribution in [2.24, 2.45) is 0 Å². The summed E-state index contributed by atoms with van der Waals surface area (Å²) in [6, 6.07) is 6.87. The molecule has 2 aromatic rings. The predicted octanol–water partition coefficient (Wildman–Crippen LogP) is 1.56. The molecule has 1 aromatic heterocycles. The standard InChI is InChI=1S/C14H15ClN2O4S/c1-16-13(18)8-22(19,20)7-10-5-9-6-11(21-2)3-4-12(9)17-14(10)15/h3-6H,7-8H2,1-2H3,(H,16,18). The Morgan fingerprint density at radius 1 is 1.36 bits per heavy atom. The topological polar surface area (TPSA) is 85.4 Å². The number of rotatable bonds is 5. The molecule has 0 aliphatic carbocycles. The van der Waals surface area contributed by atoms with E-state index in [-0.39, 0.29) is 10.9 Å². The lowest BCUT2D eigenvalue weighted by molar-refractivity contribution is -0.118. The highest BCUT2D eigenvalue weighted by molar-refractivity contribution is 7.91. The summed E-state index contributed by atoms with van der Waals surface area (Å²) in [5.41, 5.74) is 0.990. The molecule has 0 aliphatic rings. The molecule has 0 radical (unpaired) electrons. The fourth-order valence-corrected chi connectivity index (χ4v) is 3.59. The minimum Gasteiger partial charge on any atom is -0.497 e. The van der Waals surface area contributed by atoms with Crippen molar-refractivity contribution in [3.63, 3.8) is 0 Å². The van der Waals surface area contributed by atoms with Crippen molar-refractivity contribution >= 4 is 38.2 Å². The highest BCUT2D eigenvalue weighted by Crippen LogP contribution is 2.25. The molecule has 0 atom stereocenters. The Kier molecular flexibility index (Phi) is 4.87. The highest BCUT2D eigenvalue weighted by atomic mass is 35.5. The molecular weight excluding hydrogens is 328 g/mol. The number of carbonyl (C=O) groups is 1. The molecule has 0 bridgehead atoms. The first kappa shape index (κ1) is 16.5. The maximum absolute atomic E-state index is 12.0. The molecule has 1 N–H and O–H groups in total. The zero-order valence-corrected chi connectivity index (χ0v) is 13.7. The van der Waals surface area contributed by atoms with E-state index in [1.807, 2.05) is 0 Å². The fourth-order valence-electron chi connectivity index (χ4n) is 1.96. The molecule has 2 rings (SSSR count). The number of hydrogen-bond donors (Lipinski definition) is 1. The number of ether oxygens (including phenoxy) is 1. The summed E-state index contributed by atoms with van der Waals surface area (Å²) in [6.07, 6.45) is 0. The molecule has 6 nitrogen and oxygen atoms in total. The van der Waals surface area contributed by atoms with Crippen LogP contribution >= 0.6 is 11.6 Å². The van der Waals surface area contributed by atoms with Crippen molar-refractivity contribution in [2.75, 3.05) is 19.9 Å². The normalized spacial score (nSPS) is 11.4. The van der Waals surface area contributed by atoms with Crippen LogP contribution < -0.4 is 10.1 Å². The van der Waals surface area contributed by atoms with Gasteiger partial charge in [-0.2, -0.15) is 0 Å². The molecule has 1 amide bonds. The van der Waals surface area contributed by atoms with Crippen LogP contribution in [0.4, 0.5) is 0 Å². The molecule has 118 valence electrons. The quantitative estimate of drug-likeness (QED) is 0.833. The molecule has 8 heteroatoms. The summed E-state index contributed by atoms with van der Waals surface area (Å²) in [4.78, 5) is 15.4. The van der Waals surface area contributed by atoms with Gasteiger partial charge in [0.25, 0.3) is 0 Å². The SMILES string of the molecule is CNC(=O)CS(=O)(=O)Cc1cc2cc(OC)ccc2nc1Cl. The first-order valence-corrected chi connectivity index (χ1v) is 8.59. The number of nitrogens with one attached hydrogen (secondary N) is 1. The van der Waals surface area contributed by atoms with E-state index in [0.717, 1.165) is 0 Å². The van der Waals surface area contributed by atoms with E-state index >= 15 is 0 Å². The summed E-state index contributed by atoms with van der Waals surface area (Å²) < 4.78 is 29.1. The minimum absolute atomic E-state index is 0.109. The van der Waals surface area contributed by atoms with Gasteiger partial charge in [-0.05, 0) is 24.3 Å². The fraction of sp³-hybridized carbons (Fsp3) is 0.286. The van der Waals surface area contributed by atoms with E-state index in [9.17, 15) is 13.2 Å². The first-order valence-electron chi connectivity index (χ1n) is 6.39. The van der Waals surface area contributed by atoms with Crippen LogP contribution in [0.2, 0.25) is 5.15 Å². The average molecular weight is 343 g/mol. The van der Waals surface area contributed by atoms with Gasteiger partial charge in [0.1, 0.15) is 16.7 Å². The number of methoxy groups -OCH3 is 1. The largest absolute Gasteiger partial charge is 0.497 e. The van der Waals surface area contributed by atoms with Crippen LogP contribution in [-0.4, -0.2) is 39.2 Å². The monoisotopic (exact) mass is 342 g/mol. The van der Waals surface area contributed by atoms with Crippen LogP contribution in [-0.2, 0) is 20.4 Å². The molecule has 1 aromatic carbocycles. The molecule has 0 unspecified atom stereocenters. The number of carbonyl (C=O) groups excluding carboxylic acids is 1. The van der Waals surface area contributed by atoms with E-state index in [0.29, 0.717) is 22.2 Å². The van der Waals surface area contributed by atoms with Gasteiger partial charge in [-0.25, -0.2) is 13.4 Å². The number of hydrogen-bond acceptors (Lipinski definition) is 5. The van der Waals surface area contributed by atoms with Crippen molar-refractivity contribution in [1.29, 1.82) is 0 Å². The third-order valence-corrected chi connectivity index (χ3v) is 4.83. The second-order valence-corrected chi connectivity index (χ2v) is 7.12. The third-order valence-electron chi connectivity index (χ3n) is 3.05. The van der Waals surface area contributed by atoms with E-state index in [1.165, 1.54) is 7.05 Å². The third kappa shape index (κ3) is 3.86. The van der Waals surface area contributed by atoms with Crippen LogP contribution in [0.3, 0.4) is 0 Å². The average Bonchev–Trinajstić information content (AvgIpc) is 2.46. The van der Waals surface area contributed by atoms with Gasteiger partial charge in [0.05, 0.1) is 18.4 Å². The summed E-state index contributed by atoms with van der Waals surface area (Å²) >= 11 is 6.05. The molecule has 0 aliphatic heterocycles. The van der Waals surface area contributed by atoms with Crippen LogP contribution in [0.5, 0.6) is 5.75 Å². The van der Waals surface area contributed by atoms with Gasteiger partial charge in [0, 0.05) is 18.0 Å². The number of sulfone groups is 1. The van der Waals surface area contributed by atoms with E-state index in [2.05, 4.69) is 10.3 Å². The Hall–Kier alpha value is -1.86. The predicted molar refractivity (Wildman–Crippen MR) is 84.9 cm³/mol. The Bertz CT molecular complexity index is 821. The molecule has 0 spiro atoms. The molecule has 0 fully saturated rings. The smallest absolute Gasteiger partial charge is 0.234 e. The Labute approximate surface area is 133 Å². The second-order valence-electron chi connectivity index (χ2n) is 4.70. The number of benzene rings is 1. The van der Waals surface area contributed by atoms with Gasteiger partial charge in [-0.15, -0.1) is 0 Å². The van der Waals surface area contributed by atoms with Crippen LogP contribution in [0, 0.1) is 0 Å². The van der Waals surface area contributed by atoms with Gasteiger partial charge in [-0.3, -0.25) is 4.79 Å². The Morgan fingerprint density at radius 3 is 2.73 bits per heavy atom. The molecule has 0 saturated carbocycles. The van der Waals surface area contributed by atoms with Crippen molar-refractivity contribution in [1.82, 2.24) is 10.3 Å². The maximum Gasteiger partial charge on any atom is 0.234 e. The number of pyridine rings is 1. The lowest BCUT2D eigenvalue weighted by atomic mass is 10.1. The minimum atomic E-state index is -3.62. The maximum atomic E-state index is 12.0. The lowest BCUT2D eigenvalue weighted by Gasteiger charge is -2.08. The van der Waals surface area contributed by atoms with Crippen LogP contribution in [0.1, 0.15) is 5.56 Å². The molecule has 0 saturated heterocycles. The number of amides is 1. The van der Waals surface area contributed by atoms with E-state index in [4.69, 9.17) is 16.3 Å². The van der Waals surface area contributed by atoms with Gasteiger partial charge in [-0.1, -0.05) is 11.6 Å². The van der Waals surface area contributed by atoms with Crippen molar-refractivity contribution in [2.45, 2.75) is 5.75 Å². The Morgan fingerprint density at radius 2 is 2.09 bits per heavy atom. The molecule has 1 heterocycles. The van der Waals surface area contributed by atoms with Crippen LogP contribution in [0.25, 0.3) is 10.9 Å². The molecule has 22 heavy (non-hydrogen) atoms. The summed E-state index contributed by atoms with van der Waals surface area (Å²) in [6.45, 7) is 0. The summed E-state index contributed by atoms with van der Waals surface area (Å²) in [5.74, 6) is -0.864. The first-order chi connectivity index (χ1) is 10.3. The van der Waals surface area contributed by atoms with E-state index in [1.54, 1.807) is 31.4 Å². The zero-order valence-electron chi connectivity index (χ0n) is 12.1. The number of halogens is 1. The lowest BCUT2D eigenvalue weighted by Crippen LogP contribution is -2.27. The number of aromatic nitrogens is 1. The van der Waals surface area contributed by atoms with Gasteiger partial charge in [0.15, 0.2) is 9.84 Å². The van der Waals surface area contributed by atoms with Crippen molar-refractivity contribution in [3.8, 4) is 5.75 Å². The van der Waals surface area contributed by atoms with Crippen molar-refractivity contribution < 1.29 is 17.9 Å². The van der Waals surface area contributed by atoms with E-state index < -0.39 is 21.5 Å². The number of nitrogens with zero attached hydrogens (tertiary/aromatic N) is 1. The van der Waals surface area contributed by atoms with Crippen LogP contribution in [0.15, 0.2) is 24.3 Å². The van der Waals surface area contributed by atoms with Crippen molar-refractivity contribution in [3.05, 3.63) is 35.0 Å². The highest BCUT2D eigenvalue weighted by Gasteiger charge is 2.19. The molecular formula is C14H15ClN2O4S. The Balaban J connectivity index is 2.38. The second kappa shape index (κ2) is 6.50. The summed E-state index contributed by atoms with van der Waals surface area (Å²) in [7, 11) is -0.696. The van der Waals surface area contributed by atoms with Gasteiger partial charge in [0.2, 0.25) is 5.91 Å². The summed E-state index contributed by atoms with van der Waals surface area (Å²) in [5, 5.41) is 3.11.